The van der Waals surface area contributed by atoms with Crippen molar-refractivity contribution < 1.29 is 27.6 Å². The van der Waals surface area contributed by atoms with E-state index in [2.05, 4.69) is 4.74 Å². The van der Waals surface area contributed by atoms with Gasteiger partial charge in [0.1, 0.15) is 17.2 Å². The Morgan fingerprint density at radius 2 is 2.05 bits per heavy atom. The van der Waals surface area contributed by atoms with Crippen LogP contribution in [0.3, 0.4) is 0 Å². The van der Waals surface area contributed by atoms with Crippen LogP contribution < -0.4 is 0 Å². The van der Waals surface area contributed by atoms with E-state index in [-0.39, 0.29) is 0 Å². The van der Waals surface area contributed by atoms with E-state index in [0.717, 1.165) is 13.2 Å². The molecule has 1 aromatic carbocycles. The number of halogens is 3. The Hall–Kier alpha value is -2.63. The van der Waals surface area contributed by atoms with Gasteiger partial charge in [-0.15, -0.1) is 0 Å². The molecule has 0 bridgehead atoms. The van der Waals surface area contributed by atoms with E-state index in [9.17, 15) is 28.1 Å². The number of nitro groups is 1. The van der Waals surface area contributed by atoms with Crippen molar-refractivity contribution in [3.05, 3.63) is 38.9 Å². The fraction of sp³-hybridized carbons (Fsp3) is 0.200. The first-order valence-corrected chi connectivity index (χ1v) is 4.61. The van der Waals surface area contributed by atoms with Gasteiger partial charge in [0.15, 0.2) is 0 Å². The number of methoxy groups -OCH3 is 1. The molecule has 19 heavy (non-hydrogen) atoms. The molecule has 0 spiro atoms. The van der Waals surface area contributed by atoms with E-state index < -0.39 is 39.4 Å². The number of nitriles is 1. The van der Waals surface area contributed by atoms with E-state index in [1.807, 2.05) is 0 Å². The number of esters is 1. The molecular formula is C10H5F3N2O4. The van der Waals surface area contributed by atoms with Gasteiger partial charge in [-0.2, -0.15) is 18.4 Å². The molecule has 6 nitrogen and oxygen atoms in total. The summed E-state index contributed by atoms with van der Waals surface area (Å²) in [6.07, 6.45) is -5.17. The van der Waals surface area contributed by atoms with Gasteiger partial charge in [0.25, 0.3) is 5.69 Å². The van der Waals surface area contributed by atoms with Crippen LogP contribution in [0.4, 0.5) is 18.9 Å². The molecule has 0 aromatic heterocycles. The summed E-state index contributed by atoms with van der Waals surface area (Å²) in [6, 6.07) is 2.71. The smallest absolute Gasteiger partial charge is 0.423 e. The Balaban J connectivity index is 3.81. The Morgan fingerprint density at radius 3 is 2.42 bits per heavy atom. The first kappa shape index (κ1) is 14.4. The summed E-state index contributed by atoms with van der Waals surface area (Å²) < 4.78 is 42.7. The summed E-state index contributed by atoms with van der Waals surface area (Å²) >= 11 is 0. The zero-order valence-corrected chi connectivity index (χ0v) is 9.32. The van der Waals surface area contributed by atoms with Crippen molar-refractivity contribution >= 4 is 11.7 Å². The lowest BCUT2D eigenvalue weighted by atomic mass is 10.0. The molecule has 0 aliphatic rings. The van der Waals surface area contributed by atoms with Crippen LogP contribution in [0.25, 0.3) is 0 Å². The van der Waals surface area contributed by atoms with Gasteiger partial charge >= 0.3 is 12.1 Å². The lowest BCUT2D eigenvalue weighted by Crippen LogP contribution is -2.17. The summed E-state index contributed by atoms with van der Waals surface area (Å²) in [6.45, 7) is 0. The van der Waals surface area contributed by atoms with Gasteiger partial charge in [0.05, 0.1) is 17.6 Å². The minimum Gasteiger partial charge on any atom is -0.465 e. The molecule has 0 amide bonds. The Bertz CT molecular complexity index is 590. The first-order valence-electron chi connectivity index (χ1n) is 4.61. The van der Waals surface area contributed by atoms with Crippen molar-refractivity contribution in [2.45, 2.75) is 6.18 Å². The predicted molar refractivity (Wildman–Crippen MR) is 54.2 cm³/mol. The van der Waals surface area contributed by atoms with E-state index in [1.54, 1.807) is 0 Å². The molecule has 0 atom stereocenters. The standard InChI is InChI=1S/C10H5F3N2O4/c1-19-9(16)6-3-2-5(4-14)8(15(17)18)7(6)10(11,12)13/h2-3H,1H3. The van der Waals surface area contributed by atoms with Gasteiger partial charge in [-0.05, 0) is 12.1 Å². The average molecular weight is 274 g/mol. The zero-order chi connectivity index (χ0) is 14.8. The molecule has 0 aliphatic carbocycles. The Labute approximate surface area is 104 Å². The van der Waals surface area contributed by atoms with Crippen molar-refractivity contribution in [2.75, 3.05) is 7.11 Å². The predicted octanol–water partition coefficient (Wildman–Crippen LogP) is 2.27. The second-order valence-electron chi connectivity index (χ2n) is 3.24. The molecule has 0 fully saturated rings. The Morgan fingerprint density at radius 1 is 1.47 bits per heavy atom. The third-order valence-electron chi connectivity index (χ3n) is 2.17. The monoisotopic (exact) mass is 274 g/mol. The molecular weight excluding hydrogens is 269 g/mol. The fourth-order valence-electron chi connectivity index (χ4n) is 1.44. The molecule has 100 valence electrons. The topological polar surface area (TPSA) is 93.2 Å². The molecule has 0 aliphatic heterocycles. The number of hydrogen-bond donors (Lipinski definition) is 0. The number of carbonyl (C=O) groups is 1. The number of nitrogens with zero attached hydrogens (tertiary/aromatic N) is 2. The SMILES string of the molecule is COC(=O)c1ccc(C#N)c([N+](=O)[O-])c1C(F)(F)F. The summed E-state index contributed by atoms with van der Waals surface area (Å²) in [4.78, 5) is 20.6. The van der Waals surface area contributed by atoms with E-state index in [0.29, 0.717) is 6.07 Å². The number of benzene rings is 1. The highest BCUT2D eigenvalue weighted by atomic mass is 19.4. The summed E-state index contributed by atoms with van der Waals surface area (Å²) in [7, 11) is 0.840. The zero-order valence-electron chi connectivity index (χ0n) is 9.32. The van der Waals surface area contributed by atoms with Crippen molar-refractivity contribution in [2.24, 2.45) is 0 Å². The van der Waals surface area contributed by atoms with Crippen LogP contribution in [0.15, 0.2) is 12.1 Å². The van der Waals surface area contributed by atoms with Crippen LogP contribution in [-0.4, -0.2) is 18.0 Å². The molecule has 0 saturated carbocycles. The van der Waals surface area contributed by atoms with Gasteiger partial charge in [-0.1, -0.05) is 0 Å². The van der Waals surface area contributed by atoms with Crippen molar-refractivity contribution in [3.63, 3.8) is 0 Å². The second-order valence-corrected chi connectivity index (χ2v) is 3.24. The van der Waals surface area contributed by atoms with Gasteiger partial charge in [-0.3, -0.25) is 10.1 Å². The van der Waals surface area contributed by atoms with E-state index in [4.69, 9.17) is 5.26 Å². The third-order valence-corrected chi connectivity index (χ3v) is 2.17. The molecule has 9 heteroatoms. The summed E-state index contributed by atoms with van der Waals surface area (Å²) in [5.41, 5.74) is -5.05. The highest BCUT2D eigenvalue weighted by Gasteiger charge is 2.44. The van der Waals surface area contributed by atoms with Gasteiger partial charge in [-0.25, -0.2) is 4.79 Å². The maximum absolute atomic E-state index is 12.9. The van der Waals surface area contributed by atoms with Crippen molar-refractivity contribution in [3.8, 4) is 6.07 Å². The molecule has 0 unspecified atom stereocenters. The number of carbonyl (C=O) groups excluding carboxylic acids is 1. The quantitative estimate of drug-likeness (QED) is 0.468. The van der Waals surface area contributed by atoms with E-state index >= 15 is 0 Å². The number of hydrogen-bond acceptors (Lipinski definition) is 5. The van der Waals surface area contributed by atoms with Gasteiger partial charge < -0.3 is 4.74 Å². The lowest BCUT2D eigenvalue weighted by Gasteiger charge is -2.12. The van der Waals surface area contributed by atoms with Gasteiger partial charge in [0, 0.05) is 0 Å². The number of ether oxygens (including phenoxy) is 1. The van der Waals surface area contributed by atoms with Crippen molar-refractivity contribution in [1.29, 1.82) is 5.26 Å². The minimum atomic E-state index is -5.17. The molecule has 0 saturated heterocycles. The molecule has 0 radical (unpaired) electrons. The summed E-state index contributed by atoms with van der Waals surface area (Å²) in [5.74, 6) is -1.38. The third kappa shape index (κ3) is 2.62. The second kappa shape index (κ2) is 4.93. The van der Waals surface area contributed by atoms with Crippen LogP contribution in [0.2, 0.25) is 0 Å². The van der Waals surface area contributed by atoms with Crippen LogP contribution in [0.1, 0.15) is 21.5 Å². The number of nitro benzene ring substituents is 1. The normalized spacial score (nSPS) is 10.7. The van der Waals surface area contributed by atoms with E-state index in [1.165, 1.54) is 6.07 Å². The largest absolute Gasteiger partial charge is 0.465 e. The first-order chi connectivity index (χ1) is 8.73. The van der Waals surface area contributed by atoms with Crippen LogP contribution in [0.5, 0.6) is 0 Å². The van der Waals surface area contributed by atoms with Crippen LogP contribution in [-0.2, 0) is 10.9 Å². The maximum atomic E-state index is 12.9. The maximum Gasteiger partial charge on any atom is 0.423 e. The molecule has 0 heterocycles. The highest BCUT2D eigenvalue weighted by molar-refractivity contribution is 5.93. The highest BCUT2D eigenvalue weighted by Crippen LogP contribution is 2.40. The minimum absolute atomic E-state index is 0.667. The number of rotatable bonds is 2. The van der Waals surface area contributed by atoms with Crippen molar-refractivity contribution in [1.82, 2.24) is 0 Å². The lowest BCUT2D eigenvalue weighted by molar-refractivity contribution is -0.388. The summed E-state index contributed by atoms with van der Waals surface area (Å²) in [5, 5.41) is 19.3. The average Bonchev–Trinajstić information content (AvgIpc) is 2.34. The van der Waals surface area contributed by atoms with Gasteiger partial charge in [0.2, 0.25) is 0 Å². The Kier molecular flexibility index (Phi) is 3.75. The molecule has 1 rings (SSSR count). The van der Waals surface area contributed by atoms with Crippen LogP contribution >= 0.6 is 0 Å². The molecule has 1 aromatic rings. The van der Waals surface area contributed by atoms with Crippen LogP contribution in [0, 0.1) is 21.4 Å². The number of alkyl halides is 3. The molecule has 0 N–H and O–H groups in total. The fourth-order valence-corrected chi connectivity index (χ4v) is 1.44.